The van der Waals surface area contributed by atoms with Crippen molar-refractivity contribution in [2.24, 2.45) is 0 Å². The summed E-state index contributed by atoms with van der Waals surface area (Å²) < 4.78 is 0. The summed E-state index contributed by atoms with van der Waals surface area (Å²) in [5.74, 6) is -0.125. The van der Waals surface area contributed by atoms with Crippen LogP contribution in [0.4, 0.5) is 5.69 Å². The zero-order chi connectivity index (χ0) is 22.5. The standard InChI is InChI=1S/C26H22N2O4/c29-23-16-13-19-8-4-5-9-22(19)25(23)26(20-11-14-21(15-12-20)28(31)32)27-24(30)17-10-18-6-2-1-3-7-18/h1-9,11-16,26,29H,10,17H2,(H,27,30). The van der Waals surface area contributed by atoms with Crippen LogP contribution in [0.25, 0.3) is 10.8 Å². The maximum Gasteiger partial charge on any atom is 0.269 e. The number of nitro benzene ring substituents is 1. The largest absolute Gasteiger partial charge is 0.508 e. The number of non-ortho nitro benzene ring substituents is 1. The number of phenolic OH excluding ortho intramolecular Hbond substituents is 1. The highest BCUT2D eigenvalue weighted by Gasteiger charge is 2.23. The molecular formula is C26H22N2O4. The Hall–Kier alpha value is -4.19. The van der Waals surface area contributed by atoms with Crippen molar-refractivity contribution >= 4 is 22.4 Å². The Bertz CT molecular complexity index is 1250. The van der Waals surface area contributed by atoms with Crippen LogP contribution in [0.15, 0.2) is 91.0 Å². The minimum atomic E-state index is -0.662. The second kappa shape index (κ2) is 9.31. The highest BCUT2D eigenvalue weighted by molar-refractivity contribution is 5.89. The first-order valence-corrected chi connectivity index (χ1v) is 10.3. The molecule has 160 valence electrons. The molecular weight excluding hydrogens is 404 g/mol. The van der Waals surface area contributed by atoms with Crippen LogP contribution in [0.5, 0.6) is 5.75 Å². The van der Waals surface area contributed by atoms with Crippen LogP contribution in [0.3, 0.4) is 0 Å². The molecule has 2 N–H and O–H groups in total. The number of nitrogens with zero attached hydrogens (tertiary/aromatic N) is 1. The molecule has 0 radical (unpaired) electrons. The van der Waals surface area contributed by atoms with Crippen molar-refractivity contribution in [1.29, 1.82) is 0 Å². The summed E-state index contributed by atoms with van der Waals surface area (Å²) in [7, 11) is 0. The van der Waals surface area contributed by atoms with E-state index in [4.69, 9.17) is 0 Å². The third kappa shape index (κ3) is 4.59. The first-order chi connectivity index (χ1) is 15.5. The smallest absolute Gasteiger partial charge is 0.269 e. The molecule has 1 amide bonds. The molecule has 1 unspecified atom stereocenters. The lowest BCUT2D eigenvalue weighted by atomic mass is 9.92. The first-order valence-electron chi connectivity index (χ1n) is 10.3. The molecule has 0 bridgehead atoms. The lowest BCUT2D eigenvalue weighted by molar-refractivity contribution is -0.384. The van der Waals surface area contributed by atoms with Crippen LogP contribution >= 0.6 is 0 Å². The van der Waals surface area contributed by atoms with E-state index in [1.54, 1.807) is 18.2 Å². The van der Waals surface area contributed by atoms with Gasteiger partial charge in [0.15, 0.2) is 0 Å². The van der Waals surface area contributed by atoms with E-state index >= 15 is 0 Å². The van der Waals surface area contributed by atoms with E-state index < -0.39 is 11.0 Å². The molecule has 4 aromatic rings. The zero-order valence-electron chi connectivity index (χ0n) is 17.3. The van der Waals surface area contributed by atoms with Gasteiger partial charge in [0.25, 0.3) is 5.69 Å². The topological polar surface area (TPSA) is 92.5 Å². The van der Waals surface area contributed by atoms with Crippen LogP contribution in [0.1, 0.15) is 29.2 Å². The van der Waals surface area contributed by atoms with E-state index in [9.17, 15) is 20.0 Å². The third-order valence-electron chi connectivity index (χ3n) is 5.46. The van der Waals surface area contributed by atoms with Gasteiger partial charge in [-0.2, -0.15) is 0 Å². The minimum absolute atomic E-state index is 0.0370. The maximum absolute atomic E-state index is 12.9. The van der Waals surface area contributed by atoms with E-state index in [2.05, 4.69) is 5.32 Å². The van der Waals surface area contributed by atoms with E-state index in [0.29, 0.717) is 17.5 Å². The summed E-state index contributed by atoms with van der Waals surface area (Å²) in [6, 6.07) is 26.1. The number of phenols is 1. The second-order valence-electron chi connectivity index (χ2n) is 7.55. The van der Waals surface area contributed by atoms with Gasteiger partial charge in [-0.1, -0.05) is 60.7 Å². The number of aryl methyl sites for hydroxylation is 1. The highest BCUT2D eigenvalue weighted by Crippen LogP contribution is 2.36. The molecule has 4 rings (SSSR count). The molecule has 0 heterocycles. The van der Waals surface area contributed by atoms with E-state index in [1.165, 1.54) is 12.1 Å². The van der Waals surface area contributed by atoms with E-state index in [0.717, 1.165) is 16.3 Å². The van der Waals surface area contributed by atoms with Gasteiger partial charge in [-0.05, 0) is 46.5 Å². The fraction of sp³-hybridized carbons (Fsp3) is 0.115. The summed E-state index contributed by atoms with van der Waals surface area (Å²) in [5.41, 5.74) is 2.23. The van der Waals surface area contributed by atoms with Crippen molar-refractivity contribution in [3.63, 3.8) is 0 Å². The summed E-state index contributed by atoms with van der Waals surface area (Å²) >= 11 is 0. The van der Waals surface area contributed by atoms with Gasteiger partial charge < -0.3 is 10.4 Å². The van der Waals surface area contributed by atoms with E-state index in [1.807, 2.05) is 60.7 Å². The zero-order valence-corrected chi connectivity index (χ0v) is 17.3. The number of carbonyl (C=O) groups excluding carboxylic acids is 1. The summed E-state index contributed by atoms with van der Waals surface area (Å²) in [4.78, 5) is 23.5. The average Bonchev–Trinajstić information content (AvgIpc) is 2.82. The number of nitro groups is 1. The molecule has 0 aliphatic carbocycles. The Morgan fingerprint density at radius 3 is 2.31 bits per heavy atom. The molecule has 0 spiro atoms. The number of nitrogens with one attached hydrogen (secondary N) is 1. The monoisotopic (exact) mass is 426 g/mol. The molecule has 0 aliphatic heterocycles. The molecule has 1 atom stereocenters. The van der Waals surface area contributed by atoms with Crippen LogP contribution in [-0.4, -0.2) is 15.9 Å². The van der Waals surface area contributed by atoms with Crippen molar-refractivity contribution in [1.82, 2.24) is 5.32 Å². The number of aromatic hydroxyl groups is 1. The average molecular weight is 426 g/mol. The first kappa shape index (κ1) is 21.1. The lowest BCUT2D eigenvalue weighted by Crippen LogP contribution is -2.29. The Kier molecular flexibility index (Phi) is 6.12. The molecule has 32 heavy (non-hydrogen) atoms. The molecule has 0 fully saturated rings. The number of amides is 1. The van der Waals surface area contributed by atoms with Gasteiger partial charge in [0.05, 0.1) is 11.0 Å². The normalized spacial score (nSPS) is 11.8. The van der Waals surface area contributed by atoms with Crippen molar-refractivity contribution in [3.8, 4) is 5.75 Å². The van der Waals surface area contributed by atoms with Crippen LogP contribution in [0.2, 0.25) is 0 Å². The number of fused-ring (bicyclic) bond motifs is 1. The fourth-order valence-electron chi connectivity index (χ4n) is 3.83. The predicted molar refractivity (Wildman–Crippen MR) is 123 cm³/mol. The van der Waals surface area contributed by atoms with Crippen molar-refractivity contribution in [2.75, 3.05) is 0 Å². The maximum atomic E-state index is 12.9. The molecule has 0 saturated heterocycles. The van der Waals surface area contributed by atoms with Crippen molar-refractivity contribution < 1.29 is 14.8 Å². The summed E-state index contributed by atoms with van der Waals surface area (Å²) in [6.45, 7) is 0. The number of hydrogen-bond donors (Lipinski definition) is 2. The van der Waals surface area contributed by atoms with E-state index in [-0.39, 0.29) is 23.8 Å². The predicted octanol–water partition coefficient (Wildman–Crippen LogP) is 5.29. The number of carbonyl (C=O) groups is 1. The summed E-state index contributed by atoms with van der Waals surface area (Å²) in [6.07, 6.45) is 0.861. The van der Waals surface area contributed by atoms with Gasteiger partial charge in [-0.3, -0.25) is 14.9 Å². The molecule has 6 heteroatoms. The molecule has 4 aromatic carbocycles. The Labute approximate surface area is 185 Å². The second-order valence-corrected chi connectivity index (χ2v) is 7.55. The quantitative estimate of drug-likeness (QED) is 0.310. The van der Waals surface area contributed by atoms with Gasteiger partial charge in [0.2, 0.25) is 5.91 Å². The van der Waals surface area contributed by atoms with Gasteiger partial charge in [-0.25, -0.2) is 0 Å². The molecule has 0 saturated carbocycles. The van der Waals surface area contributed by atoms with Crippen molar-refractivity contribution in [2.45, 2.75) is 18.9 Å². The SMILES string of the molecule is O=C(CCc1ccccc1)NC(c1ccc([N+](=O)[O-])cc1)c1c(O)ccc2ccccc12. The number of benzene rings is 4. The van der Waals surface area contributed by atoms with Crippen LogP contribution in [0, 0.1) is 10.1 Å². The molecule has 0 aliphatic rings. The van der Waals surface area contributed by atoms with Gasteiger partial charge in [0.1, 0.15) is 5.75 Å². The van der Waals surface area contributed by atoms with Crippen molar-refractivity contribution in [3.05, 3.63) is 118 Å². The fourth-order valence-corrected chi connectivity index (χ4v) is 3.83. The lowest BCUT2D eigenvalue weighted by Gasteiger charge is -2.22. The van der Waals surface area contributed by atoms with Crippen LogP contribution < -0.4 is 5.32 Å². The minimum Gasteiger partial charge on any atom is -0.508 e. The number of rotatable bonds is 7. The Morgan fingerprint density at radius 2 is 1.59 bits per heavy atom. The Morgan fingerprint density at radius 1 is 0.906 bits per heavy atom. The summed E-state index contributed by atoms with van der Waals surface area (Å²) in [5, 5.41) is 26.6. The van der Waals surface area contributed by atoms with Gasteiger partial charge in [-0.15, -0.1) is 0 Å². The third-order valence-corrected chi connectivity index (χ3v) is 5.46. The number of hydrogen-bond acceptors (Lipinski definition) is 4. The highest BCUT2D eigenvalue weighted by atomic mass is 16.6. The van der Waals surface area contributed by atoms with Gasteiger partial charge >= 0.3 is 0 Å². The molecule has 6 nitrogen and oxygen atoms in total. The van der Waals surface area contributed by atoms with Crippen LogP contribution in [-0.2, 0) is 11.2 Å². The molecule has 0 aromatic heterocycles. The van der Waals surface area contributed by atoms with Gasteiger partial charge in [0, 0.05) is 24.1 Å². The Balaban J connectivity index is 1.70.